The lowest BCUT2D eigenvalue weighted by Gasteiger charge is -2.22. The number of benzene rings is 1. The number of urea groups is 1. The standard InChI is InChI=1S/C18H23N5O3/c1-3-26-17(20)13-10-21-15(9-14(13)19)22-18(25)23-16(11(2)24)12-7-5-4-6-8-12/h4-11,16,20,24H,3H2,1-2H3,(H4,19,21,22,23,25). The van der Waals surface area contributed by atoms with Crippen molar-refractivity contribution >= 4 is 23.4 Å². The molecule has 0 aliphatic rings. The van der Waals surface area contributed by atoms with Crippen LogP contribution in [0.2, 0.25) is 0 Å². The van der Waals surface area contributed by atoms with E-state index in [1.165, 1.54) is 12.3 Å². The third-order valence-electron chi connectivity index (χ3n) is 3.64. The summed E-state index contributed by atoms with van der Waals surface area (Å²) >= 11 is 0. The number of aliphatic hydroxyl groups excluding tert-OH is 1. The van der Waals surface area contributed by atoms with Gasteiger partial charge in [0.2, 0.25) is 5.90 Å². The zero-order valence-corrected chi connectivity index (χ0v) is 14.7. The molecule has 8 nitrogen and oxygen atoms in total. The molecule has 2 amide bonds. The highest BCUT2D eigenvalue weighted by atomic mass is 16.5. The molecule has 1 aromatic heterocycles. The van der Waals surface area contributed by atoms with Crippen molar-refractivity contribution in [1.82, 2.24) is 10.3 Å². The van der Waals surface area contributed by atoms with Crippen molar-refractivity contribution in [3.63, 3.8) is 0 Å². The number of nitrogens with one attached hydrogen (secondary N) is 3. The third kappa shape index (κ3) is 4.93. The Bertz CT molecular complexity index is 765. The summed E-state index contributed by atoms with van der Waals surface area (Å²) in [5.41, 5.74) is 7.30. The number of anilines is 2. The van der Waals surface area contributed by atoms with Crippen molar-refractivity contribution in [2.75, 3.05) is 17.7 Å². The van der Waals surface area contributed by atoms with Gasteiger partial charge in [-0.15, -0.1) is 0 Å². The number of rotatable bonds is 6. The van der Waals surface area contributed by atoms with Gasteiger partial charge < -0.3 is 20.9 Å². The Balaban J connectivity index is 2.07. The van der Waals surface area contributed by atoms with Crippen molar-refractivity contribution in [3.05, 3.63) is 53.7 Å². The third-order valence-corrected chi connectivity index (χ3v) is 3.64. The van der Waals surface area contributed by atoms with Crippen molar-refractivity contribution in [3.8, 4) is 0 Å². The molecular formula is C18H23N5O3. The lowest BCUT2D eigenvalue weighted by atomic mass is 10.0. The molecule has 0 spiro atoms. The van der Waals surface area contributed by atoms with Crippen LogP contribution in [0.25, 0.3) is 0 Å². The van der Waals surface area contributed by atoms with Gasteiger partial charge in [0.25, 0.3) is 0 Å². The lowest BCUT2D eigenvalue weighted by Crippen LogP contribution is -2.38. The zero-order valence-electron chi connectivity index (χ0n) is 14.7. The molecule has 6 N–H and O–H groups in total. The number of amides is 2. The predicted molar refractivity (Wildman–Crippen MR) is 100 cm³/mol. The Labute approximate surface area is 151 Å². The Morgan fingerprint density at radius 1 is 1.38 bits per heavy atom. The van der Waals surface area contributed by atoms with Crippen LogP contribution < -0.4 is 16.4 Å². The van der Waals surface area contributed by atoms with Gasteiger partial charge >= 0.3 is 6.03 Å². The number of aliphatic hydroxyl groups is 1. The maximum absolute atomic E-state index is 12.3. The molecule has 0 aliphatic carbocycles. The molecule has 0 aliphatic heterocycles. The van der Waals surface area contributed by atoms with Gasteiger partial charge in [-0.3, -0.25) is 10.7 Å². The van der Waals surface area contributed by atoms with E-state index in [1.807, 2.05) is 30.3 Å². The maximum atomic E-state index is 12.3. The molecule has 0 saturated carbocycles. The van der Waals surface area contributed by atoms with Crippen LogP contribution in [0.1, 0.15) is 31.0 Å². The van der Waals surface area contributed by atoms with E-state index in [1.54, 1.807) is 13.8 Å². The van der Waals surface area contributed by atoms with Gasteiger partial charge in [-0.25, -0.2) is 9.78 Å². The predicted octanol–water partition coefficient (Wildman–Crippen LogP) is 2.27. The van der Waals surface area contributed by atoms with Gasteiger partial charge in [0.1, 0.15) is 5.82 Å². The van der Waals surface area contributed by atoms with Crippen molar-refractivity contribution < 1.29 is 14.6 Å². The summed E-state index contributed by atoms with van der Waals surface area (Å²) in [6, 6.07) is 9.51. The number of carbonyl (C=O) groups is 1. The molecule has 138 valence electrons. The molecule has 8 heteroatoms. The Morgan fingerprint density at radius 3 is 2.65 bits per heavy atom. The normalized spacial score (nSPS) is 12.7. The molecular weight excluding hydrogens is 334 g/mol. The molecule has 2 aromatic rings. The van der Waals surface area contributed by atoms with E-state index >= 15 is 0 Å². The van der Waals surface area contributed by atoms with Gasteiger partial charge in [-0.05, 0) is 19.4 Å². The molecule has 0 bridgehead atoms. The zero-order chi connectivity index (χ0) is 19.1. The van der Waals surface area contributed by atoms with Crippen molar-refractivity contribution in [1.29, 1.82) is 5.41 Å². The van der Waals surface area contributed by atoms with Gasteiger partial charge in [0.05, 0.1) is 24.3 Å². The number of nitrogens with two attached hydrogens (primary N) is 1. The Morgan fingerprint density at radius 2 is 2.08 bits per heavy atom. The van der Waals surface area contributed by atoms with Gasteiger partial charge in [-0.2, -0.15) is 0 Å². The molecule has 1 aromatic carbocycles. The molecule has 2 unspecified atom stereocenters. The molecule has 1 heterocycles. The van der Waals surface area contributed by atoms with E-state index in [0.717, 1.165) is 5.56 Å². The number of nitrogens with zero attached hydrogens (tertiary/aromatic N) is 1. The number of carbonyl (C=O) groups excluding carboxylic acids is 1. The highest BCUT2D eigenvalue weighted by Crippen LogP contribution is 2.18. The van der Waals surface area contributed by atoms with E-state index in [2.05, 4.69) is 15.6 Å². The van der Waals surface area contributed by atoms with Gasteiger partial charge in [-0.1, -0.05) is 30.3 Å². The minimum absolute atomic E-state index is 0.0771. The van der Waals surface area contributed by atoms with E-state index in [-0.39, 0.29) is 17.4 Å². The first-order valence-corrected chi connectivity index (χ1v) is 8.20. The maximum Gasteiger partial charge on any atom is 0.320 e. The Kier molecular flexibility index (Phi) is 6.51. The minimum atomic E-state index is -0.782. The summed E-state index contributed by atoms with van der Waals surface area (Å²) < 4.78 is 5.09. The highest BCUT2D eigenvalue weighted by Gasteiger charge is 2.20. The summed E-state index contributed by atoms with van der Waals surface area (Å²) in [6.07, 6.45) is 0.585. The fourth-order valence-corrected chi connectivity index (χ4v) is 2.39. The second-order valence-electron chi connectivity index (χ2n) is 5.65. The monoisotopic (exact) mass is 357 g/mol. The van der Waals surface area contributed by atoms with Crippen molar-refractivity contribution in [2.24, 2.45) is 0 Å². The number of hydrogen-bond acceptors (Lipinski definition) is 6. The van der Waals surface area contributed by atoms with Crippen LogP contribution in [0.15, 0.2) is 42.6 Å². The number of pyridine rings is 1. The van der Waals surface area contributed by atoms with Crippen LogP contribution in [0.5, 0.6) is 0 Å². The van der Waals surface area contributed by atoms with Crippen LogP contribution in [-0.4, -0.2) is 34.7 Å². The average molecular weight is 357 g/mol. The molecule has 2 rings (SSSR count). The van der Waals surface area contributed by atoms with E-state index < -0.39 is 18.2 Å². The van der Waals surface area contributed by atoms with Crippen LogP contribution in [0.3, 0.4) is 0 Å². The number of ether oxygens (including phenoxy) is 1. The number of nitrogen functional groups attached to an aromatic ring is 1. The van der Waals surface area contributed by atoms with Crippen LogP contribution in [0.4, 0.5) is 16.3 Å². The fourth-order valence-electron chi connectivity index (χ4n) is 2.39. The molecule has 0 radical (unpaired) electrons. The lowest BCUT2D eigenvalue weighted by molar-refractivity contribution is 0.148. The first-order valence-electron chi connectivity index (χ1n) is 8.20. The Hall–Kier alpha value is -3.13. The SMILES string of the molecule is CCOC(=N)c1cnc(NC(=O)NC(c2ccccc2)C(C)O)cc1N. The molecule has 26 heavy (non-hydrogen) atoms. The second-order valence-corrected chi connectivity index (χ2v) is 5.65. The van der Waals surface area contributed by atoms with E-state index in [9.17, 15) is 9.90 Å². The first-order chi connectivity index (χ1) is 12.4. The number of aromatic nitrogens is 1. The van der Waals surface area contributed by atoms with Crippen LogP contribution in [-0.2, 0) is 4.74 Å². The fraction of sp³-hybridized carbons (Fsp3) is 0.278. The molecule has 0 saturated heterocycles. The highest BCUT2D eigenvalue weighted by molar-refractivity contribution is 5.97. The van der Waals surface area contributed by atoms with Crippen LogP contribution in [0, 0.1) is 5.41 Å². The summed E-state index contributed by atoms with van der Waals surface area (Å²) in [5.74, 6) is 0.150. The summed E-state index contributed by atoms with van der Waals surface area (Å²) in [6.45, 7) is 3.72. The van der Waals surface area contributed by atoms with Gasteiger partial charge in [0.15, 0.2) is 0 Å². The van der Waals surface area contributed by atoms with Crippen LogP contribution >= 0.6 is 0 Å². The molecule has 2 atom stereocenters. The van der Waals surface area contributed by atoms with E-state index in [0.29, 0.717) is 12.2 Å². The smallest absolute Gasteiger partial charge is 0.320 e. The summed E-state index contributed by atoms with van der Waals surface area (Å²) in [7, 11) is 0. The first kappa shape index (κ1) is 19.2. The van der Waals surface area contributed by atoms with Crippen molar-refractivity contribution in [2.45, 2.75) is 26.0 Å². The second kappa shape index (κ2) is 8.82. The quantitative estimate of drug-likeness (QED) is 0.399. The largest absolute Gasteiger partial charge is 0.478 e. The number of hydrogen-bond donors (Lipinski definition) is 5. The molecule has 0 fully saturated rings. The minimum Gasteiger partial charge on any atom is -0.478 e. The van der Waals surface area contributed by atoms with Gasteiger partial charge in [0, 0.05) is 18.0 Å². The summed E-state index contributed by atoms with van der Waals surface area (Å²) in [4.78, 5) is 16.3. The van der Waals surface area contributed by atoms with E-state index in [4.69, 9.17) is 15.9 Å². The average Bonchev–Trinajstić information content (AvgIpc) is 2.60. The topological polar surface area (TPSA) is 133 Å². The summed E-state index contributed by atoms with van der Waals surface area (Å²) in [5, 5.41) is 23.0.